The molecule has 2 N–H and O–H groups in total. The molecule has 0 radical (unpaired) electrons. The Morgan fingerprint density at radius 2 is 1.94 bits per heavy atom. The normalized spacial score (nSPS) is 26.1. The van der Waals surface area contributed by atoms with E-state index < -0.39 is 18.8 Å². The summed E-state index contributed by atoms with van der Waals surface area (Å²) in [6, 6.07) is 2.72. The van der Waals surface area contributed by atoms with Crippen molar-refractivity contribution in [1.29, 1.82) is 0 Å². The number of anilines is 1. The first kappa shape index (κ1) is 21.4. The Hall–Kier alpha value is -3.14. The molecule has 0 amide bonds. The number of aromatic hydroxyl groups is 1. The molecule has 6 rings (SSSR count). The Morgan fingerprint density at radius 3 is 2.65 bits per heavy atom. The Morgan fingerprint density at radius 1 is 1.09 bits per heavy atom. The van der Waals surface area contributed by atoms with E-state index in [1.807, 2.05) is 0 Å². The lowest BCUT2D eigenvalue weighted by molar-refractivity contribution is 0.171. The maximum Gasteiger partial charge on any atom is 0.181 e. The van der Waals surface area contributed by atoms with Crippen molar-refractivity contribution in [3.63, 3.8) is 0 Å². The maximum atomic E-state index is 15.3. The molecule has 34 heavy (non-hydrogen) atoms. The average Bonchev–Trinajstić information content (AvgIpc) is 3.41. The van der Waals surface area contributed by atoms with Crippen LogP contribution in [0, 0.1) is 5.82 Å². The molecule has 2 aliphatic heterocycles. The van der Waals surface area contributed by atoms with Crippen LogP contribution in [0.25, 0.3) is 22.4 Å². The van der Waals surface area contributed by atoms with E-state index in [4.69, 9.17) is 0 Å². The molecular weight excluding hydrogens is 445 g/mol. The van der Waals surface area contributed by atoms with Gasteiger partial charge in [-0.1, -0.05) is 0 Å². The Bertz CT molecular complexity index is 1200. The molecule has 2 unspecified atom stereocenters. The number of aromatic nitrogens is 4. The molecule has 4 heterocycles. The second kappa shape index (κ2) is 8.26. The first-order chi connectivity index (χ1) is 16.5. The first-order valence-electron chi connectivity index (χ1n) is 11.6. The zero-order valence-corrected chi connectivity index (χ0v) is 18.4. The number of hydrogen-bond acceptors (Lipinski definition) is 6. The second-order valence-electron chi connectivity index (χ2n) is 9.43. The summed E-state index contributed by atoms with van der Waals surface area (Å²) in [5.41, 5.74) is 0.971. The summed E-state index contributed by atoms with van der Waals surface area (Å²) in [7, 11) is 0. The Balaban J connectivity index is 1.28. The average molecular weight is 470 g/mol. The van der Waals surface area contributed by atoms with Crippen molar-refractivity contribution in [3.8, 4) is 28.1 Å². The molecule has 2 saturated heterocycles. The van der Waals surface area contributed by atoms with Gasteiger partial charge >= 0.3 is 0 Å². The van der Waals surface area contributed by atoms with Crippen LogP contribution in [-0.4, -0.2) is 55.2 Å². The van der Waals surface area contributed by atoms with Crippen molar-refractivity contribution in [2.24, 2.45) is 0 Å². The van der Waals surface area contributed by atoms with Crippen LogP contribution in [0.3, 0.4) is 0 Å². The van der Waals surface area contributed by atoms with Crippen LogP contribution >= 0.6 is 0 Å². The van der Waals surface area contributed by atoms with Crippen molar-refractivity contribution >= 4 is 5.82 Å². The van der Waals surface area contributed by atoms with E-state index in [1.165, 1.54) is 30.7 Å². The molecule has 1 aromatic carbocycles. The van der Waals surface area contributed by atoms with Crippen molar-refractivity contribution in [2.45, 2.75) is 69.2 Å². The highest BCUT2D eigenvalue weighted by Gasteiger charge is 2.48. The van der Waals surface area contributed by atoms with Gasteiger partial charge in [0.2, 0.25) is 0 Å². The molecule has 3 aliphatic rings. The predicted molar refractivity (Wildman–Crippen MR) is 120 cm³/mol. The van der Waals surface area contributed by atoms with Crippen LogP contribution in [0.5, 0.6) is 5.75 Å². The molecule has 4 atom stereocenters. The van der Waals surface area contributed by atoms with Gasteiger partial charge in [-0.25, -0.2) is 22.8 Å². The van der Waals surface area contributed by atoms with Gasteiger partial charge in [-0.3, -0.25) is 4.98 Å². The fraction of sp³-hybridized carbons (Fsp3) is 0.458. The third-order valence-corrected chi connectivity index (χ3v) is 7.18. The molecule has 178 valence electrons. The van der Waals surface area contributed by atoms with Crippen molar-refractivity contribution in [1.82, 2.24) is 25.1 Å². The van der Waals surface area contributed by atoms with Crippen LogP contribution in [0.4, 0.5) is 19.0 Å². The number of phenolic OH excluding ortho intramolecular Hbond substituents is 1. The Kier molecular flexibility index (Phi) is 5.20. The summed E-state index contributed by atoms with van der Waals surface area (Å²) in [5, 5.41) is 17.7. The molecule has 1 aliphatic carbocycles. The number of piperidine rings is 1. The van der Waals surface area contributed by atoms with Crippen LogP contribution < -0.4 is 10.2 Å². The number of rotatable bonds is 6. The summed E-state index contributed by atoms with van der Waals surface area (Å²) in [4.78, 5) is 11.1. The molecule has 10 heteroatoms. The third kappa shape index (κ3) is 3.70. The van der Waals surface area contributed by atoms with E-state index in [-0.39, 0.29) is 35.0 Å². The zero-order chi connectivity index (χ0) is 23.4. The number of halogens is 3. The number of nitrogens with one attached hydrogen (secondary N) is 1. The number of phenols is 1. The highest BCUT2D eigenvalue weighted by Crippen LogP contribution is 2.40. The second-order valence-corrected chi connectivity index (χ2v) is 9.43. The summed E-state index contributed by atoms with van der Waals surface area (Å²) in [6.45, 7) is -0.826. The van der Waals surface area contributed by atoms with E-state index in [9.17, 15) is 13.9 Å². The van der Waals surface area contributed by atoms with Gasteiger partial charge in [0.1, 0.15) is 23.6 Å². The predicted octanol–water partition coefficient (Wildman–Crippen LogP) is 3.98. The molecule has 2 bridgehead atoms. The van der Waals surface area contributed by atoms with Gasteiger partial charge in [0.25, 0.3) is 0 Å². The lowest BCUT2D eigenvalue weighted by atomic mass is 9.96. The van der Waals surface area contributed by atoms with Gasteiger partial charge in [-0.2, -0.15) is 5.10 Å². The van der Waals surface area contributed by atoms with Crippen molar-refractivity contribution < 1.29 is 18.3 Å². The standard InChI is InChI=1S/C24H25F3N6O/c25-12-32-11-13(8-30-32)16-7-22(34)17(6-18(16)26)20-9-29-23(10-28-20)33(15-2-3-15)21-5-14-1-4-19(31-14)24(21)27/h6-11,14-15,19,21,24,31,34H,1-5,12H2/t14?,19?,21-,24+/m1/s1. The summed E-state index contributed by atoms with van der Waals surface area (Å²) < 4.78 is 43.9. The highest BCUT2D eigenvalue weighted by molar-refractivity contribution is 5.74. The van der Waals surface area contributed by atoms with Crippen LogP contribution in [0.15, 0.2) is 36.9 Å². The van der Waals surface area contributed by atoms with Gasteiger partial charge in [0.05, 0.1) is 30.3 Å². The summed E-state index contributed by atoms with van der Waals surface area (Å²) in [5.74, 6) is -0.165. The Labute approximate surface area is 194 Å². The highest BCUT2D eigenvalue weighted by atomic mass is 19.1. The molecule has 0 spiro atoms. The fourth-order valence-corrected chi connectivity index (χ4v) is 5.37. The maximum absolute atomic E-state index is 15.3. The summed E-state index contributed by atoms with van der Waals surface area (Å²) >= 11 is 0. The van der Waals surface area contributed by atoms with Gasteiger partial charge in [-0.05, 0) is 44.2 Å². The quantitative estimate of drug-likeness (QED) is 0.568. The molecule has 1 saturated carbocycles. The van der Waals surface area contributed by atoms with Gasteiger partial charge in [0, 0.05) is 41.0 Å². The van der Waals surface area contributed by atoms with Crippen molar-refractivity contribution in [3.05, 3.63) is 42.7 Å². The number of hydrogen-bond donors (Lipinski definition) is 2. The molecule has 3 fully saturated rings. The van der Waals surface area contributed by atoms with Crippen LogP contribution in [0.2, 0.25) is 0 Å². The lowest BCUT2D eigenvalue weighted by Crippen LogP contribution is -2.57. The van der Waals surface area contributed by atoms with E-state index >= 15 is 4.39 Å². The number of nitrogens with zero attached hydrogens (tertiary/aromatic N) is 5. The van der Waals surface area contributed by atoms with E-state index in [2.05, 4.69) is 25.3 Å². The first-order valence-corrected chi connectivity index (χ1v) is 11.6. The van der Waals surface area contributed by atoms with Gasteiger partial charge in [-0.15, -0.1) is 0 Å². The minimum absolute atomic E-state index is 0.104. The van der Waals surface area contributed by atoms with E-state index in [1.54, 1.807) is 6.20 Å². The number of alkyl halides is 2. The van der Waals surface area contributed by atoms with Crippen LogP contribution in [0.1, 0.15) is 32.1 Å². The molecular formula is C24H25F3N6O. The number of benzene rings is 1. The SMILES string of the molecule is Oc1cc(-c2cnn(CF)c2)c(F)cc1-c1cnc(N(C2CC2)[C@@H]2CC3CCC(N3)[C@@H]2F)cn1. The van der Waals surface area contributed by atoms with Crippen molar-refractivity contribution in [2.75, 3.05) is 4.90 Å². The third-order valence-electron chi connectivity index (χ3n) is 7.18. The van der Waals surface area contributed by atoms with Crippen LogP contribution in [-0.2, 0) is 6.80 Å². The molecule has 7 nitrogen and oxygen atoms in total. The molecule has 3 aromatic rings. The van der Waals surface area contributed by atoms with E-state index in [0.29, 0.717) is 23.1 Å². The van der Waals surface area contributed by atoms with E-state index in [0.717, 1.165) is 36.8 Å². The largest absolute Gasteiger partial charge is 0.507 e. The topological polar surface area (TPSA) is 79.1 Å². The fourth-order valence-electron chi connectivity index (χ4n) is 5.37. The smallest absolute Gasteiger partial charge is 0.181 e. The zero-order valence-electron chi connectivity index (χ0n) is 18.4. The summed E-state index contributed by atoms with van der Waals surface area (Å²) in [6.07, 6.45) is 9.42. The lowest BCUT2D eigenvalue weighted by Gasteiger charge is -2.41. The minimum atomic E-state index is -0.965. The van der Waals surface area contributed by atoms with Gasteiger partial charge < -0.3 is 15.3 Å². The monoisotopic (exact) mass is 470 g/mol. The number of fused-ring (bicyclic) bond motifs is 2. The minimum Gasteiger partial charge on any atom is -0.507 e. The van der Waals surface area contributed by atoms with Gasteiger partial charge in [0.15, 0.2) is 6.80 Å². The molecule has 2 aromatic heterocycles.